The van der Waals surface area contributed by atoms with Crippen LogP contribution in [-0.2, 0) is 21.2 Å². The number of nitrogens with zero attached hydrogens (tertiary/aromatic N) is 1. The van der Waals surface area contributed by atoms with Crippen LogP contribution in [0, 0.1) is 0 Å². The van der Waals surface area contributed by atoms with Crippen LogP contribution in [0.3, 0.4) is 0 Å². The van der Waals surface area contributed by atoms with E-state index in [1.807, 2.05) is 36.2 Å². The Morgan fingerprint density at radius 3 is 2.88 bits per heavy atom. The Morgan fingerprint density at radius 1 is 1.38 bits per heavy atom. The second-order valence-electron chi connectivity index (χ2n) is 5.77. The van der Waals surface area contributed by atoms with Crippen molar-refractivity contribution in [2.75, 3.05) is 25.6 Å². The molecule has 7 nitrogen and oxygen atoms in total. The highest BCUT2D eigenvalue weighted by Gasteiger charge is 2.27. The molecule has 0 radical (unpaired) electrons. The molecule has 1 aromatic carbocycles. The molecule has 3 rings (SSSR count). The van der Waals surface area contributed by atoms with Gasteiger partial charge in [-0.05, 0) is 24.1 Å². The highest BCUT2D eigenvalue weighted by atomic mass is 32.2. The number of benzene rings is 1. The Labute approximate surface area is 140 Å². The number of aromatic nitrogens is 1. The number of ether oxygens (including phenoxy) is 1. The Bertz CT molecular complexity index is 860. The van der Waals surface area contributed by atoms with Crippen LogP contribution in [0.25, 0.3) is 0 Å². The van der Waals surface area contributed by atoms with Crippen LogP contribution in [0.5, 0.6) is 0 Å². The highest BCUT2D eigenvalue weighted by Crippen LogP contribution is 2.26. The Balaban J connectivity index is 1.78. The molecule has 1 aliphatic heterocycles. The summed E-state index contributed by atoms with van der Waals surface area (Å²) in [5, 5.41) is 0. The lowest BCUT2D eigenvalue weighted by atomic mass is 9.99. The Kier molecular flexibility index (Phi) is 4.33. The number of rotatable bonds is 4. The summed E-state index contributed by atoms with van der Waals surface area (Å²) in [5.74, 6) is -0.609. The number of likely N-dealkylation sites (N-methyl/N-ethyl adjacent to an activating group) is 1. The van der Waals surface area contributed by atoms with Gasteiger partial charge in [0.2, 0.25) is 10.0 Å². The quantitative estimate of drug-likeness (QED) is 0.808. The minimum Gasteiger partial charge on any atom is -0.464 e. The maximum absolute atomic E-state index is 12.5. The number of para-hydroxylation sites is 1. The van der Waals surface area contributed by atoms with Gasteiger partial charge in [-0.25, -0.2) is 17.9 Å². The molecule has 8 heteroatoms. The van der Waals surface area contributed by atoms with Crippen molar-refractivity contribution in [3.63, 3.8) is 0 Å². The van der Waals surface area contributed by atoms with Crippen LogP contribution in [0.15, 0.2) is 41.4 Å². The van der Waals surface area contributed by atoms with Crippen molar-refractivity contribution in [3.8, 4) is 0 Å². The number of carbonyl (C=O) groups excluding carboxylic acids is 1. The van der Waals surface area contributed by atoms with Crippen LogP contribution in [0.4, 0.5) is 5.69 Å². The molecular formula is C16H19N3O4S. The molecule has 1 aromatic heterocycles. The molecule has 0 aliphatic carbocycles. The van der Waals surface area contributed by atoms with E-state index in [1.165, 1.54) is 19.4 Å². The first-order valence-corrected chi connectivity index (χ1v) is 8.97. The second kappa shape index (κ2) is 6.29. The van der Waals surface area contributed by atoms with Crippen LogP contribution in [0.2, 0.25) is 0 Å². The van der Waals surface area contributed by atoms with E-state index in [2.05, 4.69) is 14.4 Å². The third-order valence-corrected chi connectivity index (χ3v) is 5.56. The molecule has 0 fully saturated rings. The molecule has 0 amide bonds. The van der Waals surface area contributed by atoms with Gasteiger partial charge in [0, 0.05) is 31.5 Å². The minimum absolute atomic E-state index is 0.0180. The topological polar surface area (TPSA) is 91.5 Å². The maximum Gasteiger partial charge on any atom is 0.354 e. The first-order chi connectivity index (χ1) is 11.4. The van der Waals surface area contributed by atoms with Crippen LogP contribution >= 0.6 is 0 Å². The van der Waals surface area contributed by atoms with E-state index in [1.54, 1.807) is 0 Å². The van der Waals surface area contributed by atoms with Crippen molar-refractivity contribution in [1.29, 1.82) is 0 Å². The van der Waals surface area contributed by atoms with Gasteiger partial charge in [0.05, 0.1) is 7.11 Å². The van der Waals surface area contributed by atoms with E-state index in [4.69, 9.17) is 0 Å². The molecule has 0 unspecified atom stereocenters. The number of anilines is 1. The smallest absolute Gasteiger partial charge is 0.354 e. The molecule has 24 heavy (non-hydrogen) atoms. The van der Waals surface area contributed by atoms with E-state index in [9.17, 15) is 13.2 Å². The number of methoxy groups -OCH3 is 1. The van der Waals surface area contributed by atoms with Gasteiger partial charge >= 0.3 is 5.97 Å². The fraction of sp³-hybridized carbons (Fsp3) is 0.312. The third kappa shape index (κ3) is 3.15. The average molecular weight is 349 g/mol. The Hall–Kier alpha value is -2.32. The van der Waals surface area contributed by atoms with Gasteiger partial charge in [-0.15, -0.1) is 0 Å². The maximum atomic E-state index is 12.5. The summed E-state index contributed by atoms with van der Waals surface area (Å²) >= 11 is 0. The van der Waals surface area contributed by atoms with Gasteiger partial charge in [0.15, 0.2) is 0 Å². The number of hydrogen-bond acceptors (Lipinski definition) is 5. The Morgan fingerprint density at radius 2 is 2.12 bits per heavy atom. The zero-order valence-corrected chi connectivity index (χ0v) is 14.3. The highest BCUT2D eigenvalue weighted by molar-refractivity contribution is 7.89. The molecule has 128 valence electrons. The summed E-state index contributed by atoms with van der Waals surface area (Å²) in [4.78, 5) is 16.1. The number of fused-ring (bicyclic) bond motifs is 1. The van der Waals surface area contributed by atoms with E-state index in [0.717, 1.165) is 11.3 Å². The monoisotopic (exact) mass is 349 g/mol. The van der Waals surface area contributed by atoms with Gasteiger partial charge in [0.25, 0.3) is 0 Å². The summed E-state index contributed by atoms with van der Waals surface area (Å²) in [7, 11) is -0.546. The lowest BCUT2D eigenvalue weighted by molar-refractivity contribution is 0.0595. The van der Waals surface area contributed by atoms with Gasteiger partial charge in [-0.1, -0.05) is 18.2 Å². The number of esters is 1. The van der Waals surface area contributed by atoms with E-state index in [0.29, 0.717) is 13.0 Å². The summed E-state index contributed by atoms with van der Waals surface area (Å²) in [6.45, 7) is 0.574. The average Bonchev–Trinajstić information content (AvgIpc) is 3.05. The van der Waals surface area contributed by atoms with Crippen molar-refractivity contribution >= 4 is 21.7 Å². The molecule has 1 aliphatic rings. The first kappa shape index (κ1) is 16.5. The van der Waals surface area contributed by atoms with Crippen LogP contribution in [0.1, 0.15) is 16.1 Å². The number of hydrogen-bond donors (Lipinski definition) is 2. The SMILES string of the molecule is COC(=O)c1cc(S(=O)(=O)N[C@H]2Cc3ccccc3N(C)C2)c[nH]1. The summed E-state index contributed by atoms with van der Waals surface area (Å²) < 4.78 is 32.4. The van der Waals surface area contributed by atoms with Crippen molar-refractivity contribution in [1.82, 2.24) is 9.71 Å². The van der Waals surface area contributed by atoms with E-state index < -0.39 is 16.0 Å². The molecule has 0 saturated heterocycles. The number of H-pyrrole nitrogens is 1. The van der Waals surface area contributed by atoms with Crippen molar-refractivity contribution in [2.45, 2.75) is 17.4 Å². The molecule has 2 aromatic rings. The minimum atomic E-state index is -3.72. The summed E-state index contributed by atoms with van der Waals surface area (Å²) in [5.41, 5.74) is 2.31. The molecule has 1 atom stereocenters. The molecule has 2 heterocycles. The van der Waals surface area contributed by atoms with Crippen molar-refractivity contribution in [2.24, 2.45) is 0 Å². The normalized spacial score (nSPS) is 17.4. The molecule has 0 spiro atoms. The zero-order chi connectivity index (χ0) is 17.3. The van der Waals surface area contributed by atoms with Crippen molar-refractivity contribution in [3.05, 3.63) is 47.8 Å². The van der Waals surface area contributed by atoms with Crippen molar-refractivity contribution < 1.29 is 17.9 Å². The predicted molar refractivity (Wildman–Crippen MR) is 89.7 cm³/mol. The van der Waals surface area contributed by atoms with E-state index in [-0.39, 0.29) is 16.6 Å². The van der Waals surface area contributed by atoms with Gasteiger partial charge in [-0.2, -0.15) is 0 Å². The largest absolute Gasteiger partial charge is 0.464 e. The fourth-order valence-corrected chi connectivity index (χ4v) is 4.16. The zero-order valence-electron chi connectivity index (χ0n) is 13.4. The lowest BCUT2D eigenvalue weighted by Gasteiger charge is -2.33. The number of sulfonamides is 1. The fourth-order valence-electron chi connectivity index (χ4n) is 2.94. The number of aromatic amines is 1. The van der Waals surface area contributed by atoms with E-state index >= 15 is 0 Å². The molecular weight excluding hydrogens is 330 g/mol. The molecule has 0 saturated carbocycles. The molecule has 2 N–H and O–H groups in total. The second-order valence-corrected chi connectivity index (χ2v) is 7.49. The van der Waals surface area contributed by atoms with Crippen LogP contribution < -0.4 is 9.62 Å². The number of carbonyl (C=O) groups is 1. The van der Waals surface area contributed by atoms with Crippen LogP contribution in [-0.4, -0.2) is 46.1 Å². The summed E-state index contributed by atoms with van der Waals surface area (Å²) in [6.07, 6.45) is 1.91. The van der Waals surface area contributed by atoms with Gasteiger partial charge in [0.1, 0.15) is 10.6 Å². The summed E-state index contributed by atoms with van der Waals surface area (Å²) in [6, 6.07) is 8.96. The standard InChI is InChI=1S/C16H19N3O4S/c1-19-10-12(7-11-5-3-4-6-15(11)19)18-24(21,22)13-8-14(17-9-13)16(20)23-2/h3-6,8-9,12,17-18H,7,10H2,1-2H3/t12-/m0/s1. The predicted octanol–water partition coefficient (Wildman–Crippen LogP) is 1.14. The lowest BCUT2D eigenvalue weighted by Crippen LogP contribution is -2.46. The molecule has 0 bridgehead atoms. The van der Waals surface area contributed by atoms with Gasteiger partial charge in [-0.3, -0.25) is 0 Å². The third-order valence-electron chi connectivity index (χ3n) is 4.06. The first-order valence-electron chi connectivity index (χ1n) is 7.49. The number of nitrogens with one attached hydrogen (secondary N) is 2. The van der Waals surface area contributed by atoms with Gasteiger partial charge < -0.3 is 14.6 Å².